The molecule has 3 N–H and O–H groups in total. The zero-order chi connectivity index (χ0) is 16.4. The summed E-state index contributed by atoms with van der Waals surface area (Å²) < 4.78 is 40.6. The summed E-state index contributed by atoms with van der Waals surface area (Å²) in [5.41, 5.74) is 8.18. The molecule has 4 nitrogen and oxygen atoms in total. The van der Waals surface area contributed by atoms with Crippen LogP contribution in [0.5, 0.6) is 0 Å². The SMILES string of the molecule is NCC1CCCc2cc(S(=O)(=O)Nc3cccc(F)c3)ccc21. The zero-order valence-corrected chi connectivity index (χ0v) is 13.4. The lowest BCUT2D eigenvalue weighted by molar-refractivity contribution is 0.558. The molecule has 1 aliphatic rings. The Labute approximate surface area is 135 Å². The van der Waals surface area contributed by atoms with Crippen LogP contribution in [0.3, 0.4) is 0 Å². The molecular weight excluding hydrogens is 315 g/mol. The van der Waals surface area contributed by atoms with Crippen molar-refractivity contribution >= 4 is 15.7 Å². The van der Waals surface area contributed by atoms with Gasteiger partial charge in [-0.05, 0) is 73.2 Å². The summed E-state index contributed by atoms with van der Waals surface area (Å²) in [5, 5.41) is 0. The lowest BCUT2D eigenvalue weighted by atomic mass is 9.83. The third-order valence-electron chi connectivity index (χ3n) is 4.22. The predicted octanol–water partition coefficient (Wildman–Crippen LogP) is 3.01. The lowest BCUT2D eigenvalue weighted by Gasteiger charge is -2.24. The topological polar surface area (TPSA) is 72.2 Å². The van der Waals surface area contributed by atoms with E-state index in [0.717, 1.165) is 36.5 Å². The predicted molar refractivity (Wildman–Crippen MR) is 88.4 cm³/mol. The van der Waals surface area contributed by atoms with Gasteiger partial charge in [0.1, 0.15) is 5.82 Å². The second-order valence-corrected chi connectivity index (χ2v) is 7.48. The van der Waals surface area contributed by atoms with Gasteiger partial charge >= 0.3 is 0 Å². The van der Waals surface area contributed by atoms with Gasteiger partial charge in [-0.2, -0.15) is 0 Å². The van der Waals surface area contributed by atoms with E-state index in [0.29, 0.717) is 12.5 Å². The van der Waals surface area contributed by atoms with Crippen molar-refractivity contribution in [2.75, 3.05) is 11.3 Å². The van der Waals surface area contributed by atoms with E-state index in [1.165, 1.54) is 18.2 Å². The maximum atomic E-state index is 13.2. The summed E-state index contributed by atoms with van der Waals surface area (Å²) >= 11 is 0. The molecule has 1 unspecified atom stereocenters. The Kier molecular flexibility index (Phi) is 4.37. The van der Waals surface area contributed by atoms with Gasteiger partial charge in [0.15, 0.2) is 0 Å². The summed E-state index contributed by atoms with van der Waals surface area (Å²) in [6.07, 6.45) is 2.90. The van der Waals surface area contributed by atoms with Crippen molar-refractivity contribution in [3.63, 3.8) is 0 Å². The van der Waals surface area contributed by atoms with E-state index >= 15 is 0 Å². The molecule has 3 rings (SSSR count). The molecule has 23 heavy (non-hydrogen) atoms. The van der Waals surface area contributed by atoms with Crippen LogP contribution in [0.1, 0.15) is 29.9 Å². The van der Waals surface area contributed by atoms with Gasteiger partial charge in [-0.15, -0.1) is 0 Å². The van der Waals surface area contributed by atoms with Crippen molar-refractivity contribution in [1.29, 1.82) is 0 Å². The van der Waals surface area contributed by atoms with Gasteiger partial charge in [-0.1, -0.05) is 12.1 Å². The monoisotopic (exact) mass is 334 g/mol. The van der Waals surface area contributed by atoms with E-state index in [-0.39, 0.29) is 10.6 Å². The minimum absolute atomic E-state index is 0.193. The average Bonchev–Trinajstić information content (AvgIpc) is 2.53. The number of fused-ring (bicyclic) bond motifs is 1. The van der Waals surface area contributed by atoms with E-state index < -0.39 is 15.8 Å². The van der Waals surface area contributed by atoms with Gasteiger partial charge in [0, 0.05) is 0 Å². The first-order valence-corrected chi connectivity index (χ1v) is 9.09. The quantitative estimate of drug-likeness (QED) is 0.903. The van der Waals surface area contributed by atoms with Crippen LogP contribution in [-0.4, -0.2) is 15.0 Å². The van der Waals surface area contributed by atoms with Crippen LogP contribution in [0.15, 0.2) is 47.4 Å². The van der Waals surface area contributed by atoms with Gasteiger partial charge in [0.2, 0.25) is 0 Å². The number of anilines is 1. The zero-order valence-electron chi connectivity index (χ0n) is 12.6. The van der Waals surface area contributed by atoms with Crippen LogP contribution in [0.25, 0.3) is 0 Å². The van der Waals surface area contributed by atoms with Crippen molar-refractivity contribution in [1.82, 2.24) is 0 Å². The number of nitrogens with two attached hydrogens (primary N) is 1. The number of rotatable bonds is 4. The van der Waals surface area contributed by atoms with E-state index in [4.69, 9.17) is 5.73 Å². The summed E-state index contributed by atoms with van der Waals surface area (Å²) in [4.78, 5) is 0.193. The summed E-state index contributed by atoms with van der Waals surface area (Å²) in [5.74, 6) is -0.187. The number of sulfonamides is 1. The highest BCUT2D eigenvalue weighted by Gasteiger charge is 2.22. The fraction of sp³-hybridized carbons (Fsp3) is 0.294. The molecule has 1 aliphatic carbocycles. The smallest absolute Gasteiger partial charge is 0.261 e. The van der Waals surface area contributed by atoms with Gasteiger partial charge in [-0.3, -0.25) is 4.72 Å². The number of halogens is 1. The molecule has 2 aromatic carbocycles. The molecule has 0 amide bonds. The highest BCUT2D eigenvalue weighted by molar-refractivity contribution is 7.92. The second-order valence-electron chi connectivity index (χ2n) is 5.80. The van der Waals surface area contributed by atoms with Crippen molar-refractivity contribution in [2.45, 2.75) is 30.1 Å². The van der Waals surface area contributed by atoms with Crippen LogP contribution in [0.4, 0.5) is 10.1 Å². The third kappa shape index (κ3) is 3.38. The Bertz CT molecular complexity index is 821. The van der Waals surface area contributed by atoms with Crippen LogP contribution in [0, 0.1) is 5.82 Å². The number of nitrogens with one attached hydrogen (secondary N) is 1. The standard InChI is InChI=1S/C17H19FN2O2S/c18-14-5-2-6-15(10-14)20-23(21,22)16-7-8-17-12(9-16)3-1-4-13(17)11-19/h2,5-10,13,20H,1,3-4,11,19H2. The lowest BCUT2D eigenvalue weighted by Crippen LogP contribution is -2.19. The third-order valence-corrected chi connectivity index (χ3v) is 5.60. The Morgan fingerprint density at radius 2 is 2.04 bits per heavy atom. The Morgan fingerprint density at radius 3 is 2.78 bits per heavy atom. The molecule has 2 aromatic rings. The normalized spacial score (nSPS) is 17.6. The number of hydrogen-bond donors (Lipinski definition) is 2. The van der Waals surface area contributed by atoms with Gasteiger partial charge in [0.25, 0.3) is 10.0 Å². The molecule has 0 bridgehead atoms. The first-order chi connectivity index (χ1) is 11.0. The molecule has 0 radical (unpaired) electrons. The molecule has 6 heteroatoms. The summed E-state index contributed by atoms with van der Waals surface area (Å²) in [6.45, 7) is 0.570. The first-order valence-electron chi connectivity index (χ1n) is 7.61. The highest BCUT2D eigenvalue weighted by Crippen LogP contribution is 2.32. The molecule has 0 spiro atoms. The Morgan fingerprint density at radius 1 is 1.22 bits per heavy atom. The van der Waals surface area contributed by atoms with Crippen LogP contribution < -0.4 is 10.5 Å². The molecule has 0 saturated carbocycles. The van der Waals surface area contributed by atoms with E-state index in [2.05, 4.69) is 4.72 Å². The van der Waals surface area contributed by atoms with Crippen molar-refractivity contribution in [3.05, 3.63) is 59.4 Å². The number of aryl methyl sites for hydroxylation is 1. The van der Waals surface area contributed by atoms with Gasteiger partial charge in [0.05, 0.1) is 10.6 Å². The van der Waals surface area contributed by atoms with E-state index in [1.807, 2.05) is 6.07 Å². The van der Waals surface area contributed by atoms with Crippen molar-refractivity contribution in [2.24, 2.45) is 5.73 Å². The van der Waals surface area contributed by atoms with Crippen LogP contribution in [-0.2, 0) is 16.4 Å². The van der Waals surface area contributed by atoms with Crippen molar-refractivity contribution in [3.8, 4) is 0 Å². The molecule has 0 aliphatic heterocycles. The minimum Gasteiger partial charge on any atom is -0.330 e. The number of hydrogen-bond acceptors (Lipinski definition) is 3. The Balaban J connectivity index is 1.91. The number of benzene rings is 2. The van der Waals surface area contributed by atoms with Crippen LogP contribution in [0.2, 0.25) is 0 Å². The molecule has 1 atom stereocenters. The van der Waals surface area contributed by atoms with Crippen LogP contribution >= 0.6 is 0 Å². The minimum atomic E-state index is -3.74. The maximum Gasteiger partial charge on any atom is 0.261 e. The largest absolute Gasteiger partial charge is 0.330 e. The van der Waals surface area contributed by atoms with E-state index in [1.54, 1.807) is 12.1 Å². The molecule has 0 saturated heterocycles. The second kappa shape index (κ2) is 6.29. The molecule has 0 fully saturated rings. The fourth-order valence-corrected chi connectivity index (χ4v) is 4.17. The molecule has 0 aromatic heterocycles. The summed E-state index contributed by atoms with van der Waals surface area (Å²) in [7, 11) is -3.74. The molecular formula is C17H19FN2O2S. The molecule has 122 valence electrons. The fourth-order valence-electron chi connectivity index (χ4n) is 3.07. The van der Waals surface area contributed by atoms with Gasteiger partial charge in [-0.25, -0.2) is 12.8 Å². The highest BCUT2D eigenvalue weighted by atomic mass is 32.2. The average molecular weight is 334 g/mol. The molecule has 0 heterocycles. The van der Waals surface area contributed by atoms with Gasteiger partial charge < -0.3 is 5.73 Å². The first kappa shape index (κ1) is 16.0. The summed E-state index contributed by atoms with van der Waals surface area (Å²) in [6, 6.07) is 10.6. The maximum absolute atomic E-state index is 13.2. The van der Waals surface area contributed by atoms with E-state index in [9.17, 15) is 12.8 Å². The van der Waals surface area contributed by atoms with Crippen molar-refractivity contribution < 1.29 is 12.8 Å². The Hall–Kier alpha value is -1.92.